The number of carbonyl (C=O) groups is 2. The van der Waals surface area contributed by atoms with Crippen molar-refractivity contribution in [2.45, 2.75) is 51.8 Å². The lowest BCUT2D eigenvalue weighted by Crippen LogP contribution is -2.29. The van der Waals surface area contributed by atoms with Crippen molar-refractivity contribution >= 4 is 11.8 Å². The first-order chi connectivity index (χ1) is 11.7. The third kappa shape index (κ3) is 4.96. The molecule has 0 unspecified atom stereocenters. The monoisotopic (exact) mass is 358 g/mol. The van der Waals surface area contributed by atoms with Crippen molar-refractivity contribution < 1.29 is 32.2 Å². The number of ether oxygens (including phenoxy) is 2. The van der Waals surface area contributed by atoms with E-state index in [0.717, 1.165) is 19.1 Å². The zero-order valence-electron chi connectivity index (χ0n) is 14.2. The first kappa shape index (κ1) is 19.3. The van der Waals surface area contributed by atoms with E-state index in [1.165, 1.54) is 6.07 Å². The summed E-state index contributed by atoms with van der Waals surface area (Å²) in [6.07, 6.45) is -2.57. The molecular formula is C18H21F3O4. The van der Waals surface area contributed by atoms with E-state index in [0.29, 0.717) is 32.3 Å². The van der Waals surface area contributed by atoms with Gasteiger partial charge in [-0.3, -0.25) is 9.59 Å². The Balaban J connectivity index is 2.04. The summed E-state index contributed by atoms with van der Waals surface area (Å²) >= 11 is 0. The van der Waals surface area contributed by atoms with Gasteiger partial charge in [0.1, 0.15) is 5.75 Å². The third-order valence-electron chi connectivity index (χ3n) is 4.27. The fourth-order valence-electron chi connectivity index (χ4n) is 3.01. The maximum Gasteiger partial charge on any atom is 0.417 e. The molecule has 0 atom stereocenters. The summed E-state index contributed by atoms with van der Waals surface area (Å²) in [4.78, 5) is 23.1. The van der Waals surface area contributed by atoms with E-state index >= 15 is 0 Å². The topological polar surface area (TPSA) is 52.6 Å². The molecule has 25 heavy (non-hydrogen) atoms. The van der Waals surface area contributed by atoms with Crippen molar-refractivity contribution in [3.63, 3.8) is 0 Å². The number of benzene rings is 1. The lowest BCUT2D eigenvalue weighted by molar-refractivity contribution is -0.149. The Hall–Kier alpha value is -2.05. The molecule has 1 aromatic rings. The molecule has 1 aromatic carbocycles. The minimum Gasteiger partial charge on any atom is -0.490 e. The fourth-order valence-corrected chi connectivity index (χ4v) is 3.01. The van der Waals surface area contributed by atoms with E-state index in [1.54, 1.807) is 6.92 Å². The van der Waals surface area contributed by atoms with Gasteiger partial charge in [0.25, 0.3) is 0 Å². The number of hydrogen-bond donors (Lipinski definition) is 0. The van der Waals surface area contributed by atoms with E-state index in [-0.39, 0.29) is 29.3 Å². The summed E-state index contributed by atoms with van der Waals surface area (Å²) in [5.74, 6) is -0.970. The van der Waals surface area contributed by atoms with Gasteiger partial charge in [-0.2, -0.15) is 13.2 Å². The number of halogens is 3. The van der Waals surface area contributed by atoms with E-state index in [4.69, 9.17) is 9.47 Å². The summed E-state index contributed by atoms with van der Waals surface area (Å²) in [5, 5.41) is 0. The molecule has 1 aliphatic carbocycles. The van der Waals surface area contributed by atoms with Gasteiger partial charge in [0.2, 0.25) is 0 Å². The maximum absolute atomic E-state index is 13.1. The SMILES string of the molecule is CCOC(=O)C1CCC(Oc2ccc(C(C)=O)c(C(F)(F)F)c2)CC1. The molecule has 0 amide bonds. The highest BCUT2D eigenvalue weighted by molar-refractivity contribution is 5.95. The summed E-state index contributed by atoms with van der Waals surface area (Å²) < 4.78 is 50.0. The molecule has 1 aliphatic rings. The number of carbonyl (C=O) groups excluding carboxylic acids is 2. The third-order valence-corrected chi connectivity index (χ3v) is 4.27. The Morgan fingerprint density at radius 2 is 1.80 bits per heavy atom. The van der Waals surface area contributed by atoms with E-state index < -0.39 is 17.5 Å². The first-order valence-corrected chi connectivity index (χ1v) is 8.27. The van der Waals surface area contributed by atoms with Crippen LogP contribution in [0.2, 0.25) is 0 Å². The summed E-state index contributed by atoms with van der Waals surface area (Å²) in [6, 6.07) is 3.39. The smallest absolute Gasteiger partial charge is 0.417 e. The Morgan fingerprint density at radius 1 is 1.16 bits per heavy atom. The van der Waals surface area contributed by atoms with Gasteiger partial charge in [0, 0.05) is 5.56 Å². The molecule has 138 valence electrons. The average molecular weight is 358 g/mol. The number of rotatable bonds is 5. The van der Waals surface area contributed by atoms with Crippen LogP contribution in [0.1, 0.15) is 55.5 Å². The molecule has 0 heterocycles. The molecule has 0 saturated heterocycles. The van der Waals surface area contributed by atoms with Gasteiger partial charge in [-0.05, 0) is 57.7 Å². The normalized spacial score (nSPS) is 20.8. The zero-order valence-corrected chi connectivity index (χ0v) is 14.2. The molecule has 0 aromatic heterocycles. The van der Waals surface area contributed by atoms with Crippen LogP contribution in [0.3, 0.4) is 0 Å². The van der Waals surface area contributed by atoms with Gasteiger partial charge in [0.05, 0.1) is 24.2 Å². The fraction of sp³-hybridized carbons (Fsp3) is 0.556. The van der Waals surface area contributed by atoms with Gasteiger partial charge in [-0.15, -0.1) is 0 Å². The highest BCUT2D eigenvalue weighted by Gasteiger charge is 2.35. The van der Waals surface area contributed by atoms with E-state index in [9.17, 15) is 22.8 Å². The van der Waals surface area contributed by atoms with Crippen LogP contribution in [0.25, 0.3) is 0 Å². The predicted octanol–water partition coefficient (Wildman–Crippen LogP) is 4.41. The van der Waals surface area contributed by atoms with Crippen molar-refractivity contribution in [3.8, 4) is 5.75 Å². The second-order valence-electron chi connectivity index (χ2n) is 6.10. The van der Waals surface area contributed by atoms with Gasteiger partial charge in [-0.1, -0.05) is 0 Å². The van der Waals surface area contributed by atoms with Crippen LogP contribution >= 0.6 is 0 Å². The van der Waals surface area contributed by atoms with Crippen LogP contribution in [0.4, 0.5) is 13.2 Å². The van der Waals surface area contributed by atoms with Crippen molar-refractivity contribution in [2.24, 2.45) is 5.92 Å². The molecule has 0 radical (unpaired) electrons. The molecule has 1 saturated carbocycles. The van der Waals surface area contributed by atoms with Crippen molar-refractivity contribution in [1.82, 2.24) is 0 Å². The van der Waals surface area contributed by atoms with Gasteiger partial charge < -0.3 is 9.47 Å². The van der Waals surface area contributed by atoms with Crippen molar-refractivity contribution in [2.75, 3.05) is 6.61 Å². The predicted molar refractivity (Wildman–Crippen MR) is 84.5 cm³/mol. The molecule has 7 heteroatoms. The maximum atomic E-state index is 13.1. The van der Waals surface area contributed by atoms with E-state index in [1.807, 2.05) is 0 Å². The molecule has 0 bridgehead atoms. The van der Waals surface area contributed by atoms with Crippen LogP contribution in [0.5, 0.6) is 5.75 Å². The summed E-state index contributed by atoms with van der Waals surface area (Å²) in [6.45, 7) is 3.18. The van der Waals surface area contributed by atoms with Crippen LogP contribution < -0.4 is 4.74 Å². The molecule has 0 spiro atoms. The molecule has 2 rings (SSSR count). The average Bonchev–Trinajstić information content (AvgIpc) is 2.54. The highest BCUT2D eigenvalue weighted by atomic mass is 19.4. The highest BCUT2D eigenvalue weighted by Crippen LogP contribution is 2.36. The minimum absolute atomic E-state index is 0.0805. The Kier molecular flexibility index (Phi) is 6.08. The molecular weight excluding hydrogens is 337 g/mol. The van der Waals surface area contributed by atoms with Crippen LogP contribution in [0, 0.1) is 5.92 Å². The van der Waals surface area contributed by atoms with Crippen LogP contribution in [-0.4, -0.2) is 24.5 Å². The van der Waals surface area contributed by atoms with Gasteiger partial charge in [0.15, 0.2) is 5.78 Å². The summed E-state index contributed by atoms with van der Waals surface area (Å²) in [5.41, 5.74) is -1.36. The van der Waals surface area contributed by atoms with Gasteiger partial charge >= 0.3 is 12.1 Å². The zero-order chi connectivity index (χ0) is 18.6. The lowest BCUT2D eigenvalue weighted by Gasteiger charge is -2.28. The Labute approximate surface area is 144 Å². The number of alkyl halides is 3. The quantitative estimate of drug-likeness (QED) is 0.578. The molecule has 4 nitrogen and oxygen atoms in total. The lowest BCUT2D eigenvalue weighted by atomic mass is 9.87. The number of Topliss-reactive ketones (excluding diaryl/α,β-unsaturated/α-hetero) is 1. The van der Waals surface area contributed by atoms with Crippen molar-refractivity contribution in [3.05, 3.63) is 29.3 Å². The first-order valence-electron chi connectivity index (χ1n) is 8.27. The molecule has 1 fully saturated rings. The van der Waals surface area contributed by atoms with E-state index in [2.05, 4.69) is 0 Å². The van der Waals surface area contributed by atoms with Crippen molar-refractivity contribution in [1.29, 1.82) is 0 Å². The Bertz CT molecular complexity index is 632. The molecule has 0 aliphatic heterocycles. The number of esters is 1. The standard InChI is InChI=1S/C18H21F3O4/c1-3-24-17(23)12-4-6-13(7-5-12)25-14-8-9-15(11(2)22)16(10-14)18(19,20)21/h8-10,12-13H,3-7H2,1-2H3. The number of hydrogen-bond acceptors (Lipinski definition) is 4. The van der Waals surface area contributed by atoms with Crippen LogP contribution in [-0.2, 0) is 15.7 Å². The largest absolute Gasteiger partial charge is 0.490 e. The summed E-state index contributed by atoms with van der Waals surface area (Å²) in [7, 11) is 0. The Morgan fingerprint density at radius 3 is 2.32 bits per heavy atom. The van der Waals surface area contributed by atoms with Crippen LogP contribution in [0.15, 0.2) is 18.2 Å². The second-order valence-corrected chi connectivity index (χ2v) is 6.10. The molecule has 0 N–H and O–H groups in total. The van der Waals surface area contributed by atoms with Gasteiger partial charge in [-0.25, -0.2) is 0 Å². The number of ketones is 1. The minimum atomic E-state index is -4.62. The second kappa shape index (κ2) is 7.89.